The predicted molar refractivity (Wildman–Crippen MR) is 175 cm³/mol. The number of halogens is 2. The number of amides is 1. The van der Waals surface area contributed by atoms with E-state index in [1.165, 1.54) is 36.7 Å². The lowest BCUT2D eigenvalue weighted by atomic mass is 10.0. The third-order valence-corrected chi connectivity index (χ3v) is 10.6. The highest BCUT2D eigenvalue weighted by Gasteiger charge is 2.43. The van der Waals surface area contributed by atoms with E-state index >= 15 is 0 Å². The van der Waals surface area contributed by atoms with Crippen molar-refractivity contribution in [1.82, 2.24) is 9.88 Å². The number of sulfonamides is 1. The zero-order chi connectivity index (χ0) is 31.7. The number of aromatic nitrogens is 1. The first-order valence-electron chi connectivity index (χ1n) is 14.2. The van der Waals surface area contributed by atoms with Gasteiger partial charge in [-0.15, -0.1) is 0 Å². The minimum absolute atomic E-state index is 0.0560. The van der Waals surface area contributed by atoms with Crippen molar-refractivity contribution in [3.8, 4) is 11.5 Å². The van der Waals surface area contributed by atoms with Gasteiger partial charge in [0.2, 0.25) is 5.91 Å². The molecular weight excluding hydrogens is 637 g/mol. The van der Waals surface area contributed by atoms with Crippen molar-refractivity contribution in [2.45, 2.75) is 10.9 Å². The van der Waals surface area contributed by atoms with Crippen LogP contribution in [-0.4, -0.2) is 71.3 Å². The number of carbonyl (C=O) groups is 1. The van der Waals surface area contributed by atoms with Crippen LogP contribution in [0.25, 0.3) is 0 Å². The molecule has 1 unspecified atom stereocenters. The molecule has 10 nitrogen and oxygen atoms in total. The number of nitrogens with zero attached hydrogens (tertiary/aromatic N) is 5. The average molecular weight is 669 g/mol. The van der Waals surface area contributed by atoms with Crippen LogP contribution in [0.5, 0.6) is 11.5 Å². The van der Waals surface area contributed by atoms with Crippen molar-refractivity contribution >= 4 is 56.2 Å². The van der Waals surface area contributed by atoms with Gasteiger partial charge in [0.1, 0.15) is 29.1 Å². The molecule has 234 valence electrons. The Balaban J connectivity index is 1.39. The number of carbonyl (C=O) groups excluding carboxylic acids is 1. The summed E-state index contributed by atoms with van der Waals surface area (Å²) in [6, 6.07) is 20.0. The van der Waals surface area contributed by atoms with E-state index in [9.17, 15) is 13.2 Å². The zero-order valence-electron chi connectivity index (χ0n) is 24.6. The summed E-state index contributed by atoms with van der Waals surface area (Å²) < 4.78 is 40.6. The van der Waals surface area contributed by atoms with Crippen LogP contribution in [0, 0.1) is 0 Å². The molecule has 2 aliphatic rings. The average Bonchev–Trinajstić information content (AvgIpc) is 3.43. The number of hydrogen-bond acceptors (Lipinski definition) is 8. The highest BCUT2D eigenvalue weighted by molar-refractivity contribution is 7.93. The largest absolute Gasteiger partial charge is 0.497 e. The van der Waals surface area contributed by atoms with Gasteiger partial charge >= 0.3 is 0 Å². The lowest BCUT2D eigenvalue weighted by molar-refractivity contribution is -0.133. The van der Waals surface area contributed by atoms with Gasteiger partial charge in [-0.1, -0.05) is 53.5 Å². The molecule has 1 saturated heterocycles. The molecule has 13 heteroatoms. The Morgan fingerprint density at radius 2 is 1.51 bits per heavy atom. The quantitative estimate of drug-likeness (QED) is 0.244. The molecule has 1 fully saturated rings. The zero-order valence-corrected chi connectivity index (χ0v) is 27.0. The Kier molecular flexibility index (Phi) is 8.67. The number of benzene rings is 3. The number of anilines is 3. The van der Waals surface area contributed by atoms with E-state index in [4.69, 9.17) is 32.7 Å². The summed E-state index contributed by atoms with van der Waals surface area (Å²) in [7, 11) is -1.33. The molecule has 0 saturated carbocycles. The summed E-state index contributed by atoms with van der Waals surface area (Å²) in [5.41, 5.74) is 2.54. The number of fused-ring (bicyclic) bond motifs is 1. The molecule has 1 aromatic heterocycles. The highest BCUT2D eigenvalue weighted by atomic mass is 35.5. The smallest absolute Gasteiger partial charge is 0.269 e. The van der Waals surface area contributed by atoms with Crippen LogP contribution in [0.3, 0.4) is 0 Å². The van der Waals surface area contributed by atoms with Gasteiger partial charge in [0.05, 0.1) is 35.6 Å². The van der Waals surface area contributed by atoms with E-state index < -0.39 is 16.1 Å². The molecule has 3 aromatic carbocycles. The van der Waals surface area contributed by atoms with Crippen LogP contribution >= 0.6 is 23.2 Å². The Hall–Kier alpha value is -4.19. The molecular formula is C32H31Cl2N5O5S. The van der Waals surface area contributed by atoms with Crippen LogP contribution < -0.4 is 23.6 Å². The van der Waals surface area contributed by atoms with Gasteiger partial charge in [0.25, 0.3) is 10.0 Å². The van der Waals surface area contributed by atoms with Gasteiger partial charge in [-0.25, -0.2) is 12.7 Å². The van der Waals surface area contributed by atoms with Crippen molar-refractivity contribution in [3.05, 3.63) is 101 Å². The Labute approximate surface area is 272 Å². The fraction of sp³-hybridized carbons (Fsp3) is 0.250. The lowest BCUT2D eigenvalue weighted by Gasteiger charge is -2.39. The molecule has 0 radical (unpaired) electrons. The highest BCUT2D eigenvalue weighted by Crippen LogP contribution is 2.48. The molecule has 3 heterocycles. The van der Waals surface area contributed by atoms with E-state index in [1.807, 2.05) is 47.4 Å². The van der Waals surface area contributed by atoms with E-state index in [1.54, 1.807) is 29.4 Å². The number of ether oxygens (including phenoxy) is 2. The SMILES string of the molecule is COc1ccc(S(=O)(=O)N2CN(C(C(=O)N3CCN(c4ccncc4)CC3)c3ccccc3)c3cc(Cl)c(Cl)cc32)c(OC)c1. The van der Waals surface area contributed by atoms with Crippen molar-refractivity contribution in [2.75, 3.05) is 61.2 Å². The van der Waals surface area contributed by atoms with Gasteiger partial charge in [-0.2, -0.15) is 0 Å². The van der Waals surface area contributed by atoms with Crippen LogP contribution in [0.1, 0.15) is 11.6 Å². The van der Waals surface area contributed by atoms with Gasteiger partial charge < -0.3 is 24.2 Å². The molecule has 45 heavy (non-hydrogen) atoms. The first-order valence-corrected chi connectivity index (χ1v) is 16.4. The number of piperazine rings is 1. The predicted octanol–water partition coefficient (Wildman–Crippen LogP) is 5.47. The second kappa shape index (κ2) is 12.7. The summed E-state index contributed by atoms with van der Waals surface area (Å²) >= 11 is 13.0. The first-order chi connectivity index (χ1) is 21.7. The molecule has 0 spiro atoms. The fourth-order valence-corrected chi connectivity index (χ4v) is 7.65. The van der Waals surface area contributed by atoms with E-state index in [2.05, 4.69) is 9.88 Å². The third kappa shape index (κ3) is 5.83. The second-order valence-electron chi connectivity index (χ2n) is 10.6. The molecule has 0 aliphatic carbocycles. The van der Waals surface area contributed by atoms with Crippen LogP contribution in [0.15, 0.2) is 90.1 Å². The molecule has 1 atom stereocenters. The number of methoxy groups -OCH3 is 2. The fourth-order valence-electron chi connectivity index (χ4n) is 5.78. The van der Waals surface area contributed by atoms with Crippen LogP contribution in [0.4, 0.5) is 17.1 Å². The molecule has 4 aromatic rings. The number of rotatable bonds is 8. The maximum Gasteiger partial charge on any atom is 0.269 e. The summed E-state index contributed by atoms with van der Waals surface area (Å²) in [4.78, 5) is 24.3. The minimum atomic E-state index is -4.21. The molecule has 0 N–H and O–H groups in total. The van der Waals surface area contributed by atoms with Gasteiger partial charge in [-0.3, -0.25) is 9.78 Å². The standard InChI is InChI=1S/C32H31Cl2N5O5S/c1-43-24-8-9-30(29(18-24)44-2)45(41,42)39-21-38(27-19-25(33)26(34)20-28(27)39)31(22-6-4-3-5-7-22)32(40)37-16-14-36(15-17-37)23-10-12-35-13-11-23/h3-13,18-20,31H,14-17,21H2,1-2H3. The lowest BCUT2D eigenvalue weighted by Crippen LogP contribution is -2.52. The first kappa shape index (κ1) is 30.8. The second-order valence-corrected chi connectivity index (χ2v) is 13.2. The summed E-state index contributed by atoms with van der Waals surface area (Å²) in [6.07, 6.45) is 3.50. The summed E-state index contributed by atoms with van der Waals surface area (Å²) in [6.45, 7) is 2.13. The van der Waals surface area contributed by atoms with E-state index in [-0.39, 0.29) is 33.3 Å². The van der Waals surface area contributed by atoms with E-state index in [0.29, 0.717) is 43.3 Å². The monoisotopic (exact) mass is 667 g/mol. The number of pyridine rings is 1. The number of hydrogen-bond donors (Lipinski definition) is 0. The van der Waals surface area contributed by atoms with Gasteiger partial charge in [0.15, 0.2) is 0 Å². The molecule has 6 rings (SSSR count). The van der Waals surface area contributed by atoms with Crippen molar-refractivity contribution in [2.24, 2.45) is 0 Å². The maximum absolute atomic E-state index is 14.5. The summed E-state index contributed by atoms with van der Waals surface area (Å²) in [5, 5.41) is 0.431. The Bertz CT molecular complexity index is 1810. The summed E-state index contributed by atoms with van der Waals surface area (Å²) in [5.74, 6) is 0.425. The topological polar surface area (TPSA) is 95.5 Å². The Morgan fingerprint density at radius 3 is 2.16 bits per heavy atom. The molecule has 0 bridgehead atoms. The normalized spacial score (nSPS) is 15.6. The minimum Gasteiger partial charge on any atom is -0.497 e. The van der Waals surface area contributed by atoms with Crippen molar-refractivity contribution < 1.29 is 22.7 Å². The van der Waals surface area contributed by atoms with Crippen molar-refractivity contribution in [3.63, 3.8) is 0 Å². The Morgan fingerprint density at radius 1 is 0.844 bits per heavy atom. The molecule has 1 amide bonds. The van der Waals surface area contributed by atoms with Gasteiger partial charge in [-0.05, 0) is 42.0 Å². The third-order valence-electron chi connectivity index (χ3n) is 8.10. The van der Waals surface area contributed by atoms with Crippen LogP contribution in [-0.2, 0) is 14.8 Å². The molecule has 2 aliphatic heterocycles. The van der Waals surface area contributed by atoms with Gasteiger partial charge in [0, 0.05) is 50.3 Å². The van der Waals surface area contributed by atoms with Crippen molar-refractivity contribution in [1.29, 1.82) is 0 Å². The van der Waals surface area contributed by atoms with E-state index in [0.717, 1.165) is 11.3 Å². The maximum atomic E-state index is 14.5. The van der Waals surface area contributed by atoms with Crippen LogP contribution in [0.2, 0.25) is 10.0 Å².